The van der Waals surface area contributed by atoms with Gasteiger partial charge in [-0.1, -0.05) is 6.92 Å². The van der Waals surface area contributed by atoms with Gasteiger partial charge in [0.2, 0.25) is 0 Å². The molecule has 2 saturated heterocycles. The molecular formula is C20H35IN6S. The fourth-order valence-electron chi connectivity index (χ4n) is 3.52. The summed E-state index contributed by atoms with van der Waals surface area (Å²) >= 11 is 2.09. The molecule has 2 aliphatic heterocycles. The Balaban J connectivity index is 0.00000280. The average molecular weight is 519 g/mol. The predicted octanol–water partition coefficient (Wildman–Crippen LogP) is 2.74. The van der Waals surface area contributed by atoms with Crippen molar-refractivity contribution in [1.29, 1.82) is 0 Å². The molecule has 0 radical (unpaired) electrons. The lowest BCUT2D eigenvalue weighted by Gasteiger charge is -2.34. The van der Waals surface area contributed by atoms with Gasteiger partial charge in [-0.2, -0.15) is 11.8 Å². The third-order valence-electron chi connectivity index (χ3n) is 5.28. The molecule has 1 aromatic rings. The highest BCUT2D eigenvalue weighted by Gasteiger charge is 2.21. The molecule has 158 valence electrons. The third-order valence-corrected chi connectivity index (χ3v) is 6.65. The van der Waals surface area contributed by atoms with Crippen molar-refractivity contribution in [3.63, 3.8) is 0 Å². The van der Waals surface area contributed by atoms with Crippen LogP contribution in [0.2, 0.25) is 0 Å². The van der Waals surface area contributed by atoms with Crippen molar-refractivity contribution >= 4 is 47.5 Å². The Morgan fingerprint density at radius 1 is 1.25 bits per heavy atom. The fourth-order valence-corrected chi connectivity index (χ4v) is 4.70. The van der Waals surface area contributed by atoms with Gasteiger partial charge in [0.1, 0.15) is 5.82 Å². The maximum absolute atomic E-state index is 4.94. The molecule has 0 bridgehead atoms. The van der Waals surface area contributed by atoms with E-state index in [0.29, 0.717) is 11.8 Å². The Bertz CT molecular complexity index is 620. The minimum atomic E-state index is 0. The number of rotatable bonds is 5. The van der Waals surface area contributed by atoms with E-state index in [0.717, 1.165) is 57.6 Å². The van der Waals surface area contributed by atoms with E-state index in [2.05, 4.69) is 69.8 Å². The molecule has 3 rings (SSSR count). The first-order chi connectivity index (χ1) is 13.2. The van der Waals surface area contributed by atoms with Crippen LogP contribution in [-0.2, 0) is 6.54 Å². The summed E-state index contributed by atoms with van der Waals surface area (Å²) in [4.78, 5) is 16.7. The van der Waals surface area contributed by atoms with Gasteiger partial charge in [-0.05, 0) is 38.1 Å². The Morgan fingerprint density at radius 3 is 2.75 bits per heavy atom. The summed E-state index contributed by atoms with van der Waals surface area (Å²) in [5.74, 6) is 3.32. The zero-order valence-corrected chi connectivity index (χ0v) is 20.6. The molecule has 2 aliphatic rings. The molecule has 1 atom stereocenters. The lowest BCUT2D eigenvalue weighted by Crippen LogP contribution is -2.48. The van der Waals surface area contributed by atoms with Crippen LogP contribution >= 0.6 is 35.7 Å². The summed E-state index contributed by atoms with van der Waals surface area (Å²) in [7, 11) is 2.18. The zero-order chi connectivity index (χ0) is 19.1. The molecule has 0 aliphatic carbocycles. The molecule has 0 spiro atoms. The number of pyridine rings is 1. The maximum Gasteiger partial charge on any atom is 0.194 e. The van der Waals surface area contributed by atoms with E-state index in [-0.39, 0.29) is 24.0 Å². The Labute approximate surface area is 191 Å². The molecule has 1 unspecified atom stereocenters. The number of nitrogens with zero attached hydrogens (tertiary/aromatic N) is 5. The van der Waals surface area contributed by atoms with Gasteiger partial charge in [0.05, 0.1) is 6.54 Å². The van der Waals surface area contributed by atoms with Gasteiger partial charge < -0.3 is 20.0 Å². The van der Waals surface area contributed by atoms with Crippen LogP contribution in [0.15, 0.2) is 23.3 Å². The summed E-state index contributed by atoms with van der Waals surface area (Å²) in [6.45, 7) is 12.5. The van der Waals surface area contributed by atoms with E-state index in [1.807, 2.05) is 6.20 Å². The molecule has 0 saturated carbocycles. The number of likely N-dealkylation sites (N-methyl/N-ethyl adjacent to an activating group) is 1. The van der Waals surface area contributed by atoms with E-state index >= 15 is 0 Å². The van der Waals surface area contributed by atoms with Crippen LogP contribution in [0, 0.1) is 0 Å². The van der Waals surface area contributed by atoms with Crippen molar-refractivity contribution in [2.24, 2.45) is 4.99 Å². The molecule has 2 fully saturated rings. The number of piperazine rings is 1. The van der Waals surface area contributed by atoms with Crippen LogP contribution in [0.4, 0.5) is 5.82 Å². The van der Waals surface area contributed by atoms with Crippen LogP contribution in [-0.4, -0.2) is 84.6 Å². The van der Waals surface area contributed by atoms with Crippen molar-refractivity contribution in [2.45, 2.75) is 32.1 Å². The fraction of sp³-hybridized carbons (Fsp3) is 0.700. The Hall–Kier alpha value is -0.740. The standard InChI is InChI=1S/C20H34N6S.HI/c1-4-18-16-26(12-13-27-18)20(21-5-2)23-15-17-6-7-22-19(14-17)25-10-8-24(3)9-11-25;/h6-7,14,18H,4-5,8-13,15-16H2,1-3H3,(H,21,23);1H. The van der Waals surface area contributed by atoms with Gasteiger partial charge in [-0.3, -0.25) is 0 Å². The molecule has 6 nitrogen and oxygen atoms in total. The molecule has 0 amide bonds. The van der Waals surface area contributed by atoms with Crippen LogP contribution in [0.1, 0.15) is 25.8 Å². The number of anilines is 1. The summed E-state index contributed by atoms with van der Waals surface area (Å²) in [6, 6.07) is 4.30. The quantitative estimate of drug-likeness (QED) is 0.368. The van der Waals surface area contributed by atoms with Crippen LogP contribution < -0.4 is 10.2 Å². The number of hydrogen-bond acceptors (Lipinski definition) is 5. The number of aromatic nitrogens is 1. The topological polar surface area (TPSA) is 47.0 Å². The first-order valence-electron chi connectivity index (χ1n) is 10.2. The van der Waals surface area contributed by atoms with E-state index in [1.165, 1.54) is 17.7 Å². The van der Waals surface area contributed by atoms with Gasteiger partial charge in [0.25, 0.3) is 0 Å². The minimum absolute atomic E-state index is 0. The molecule has 1 N–H and O–H groups in total. The highest BCUT2D eigenvalue weighted by molar-refractivity contribution is 14.0. The zero-order valence-electron chi connectivity index (χ0n) is 17.4. The SMILES string of the molecule is CCNC(=NCc1ccnc(N2CCN(C)CC2)c1)N1CCSC(CC)C1.I. The maximum atomic E-state index is 4.94. The van der Waals surface area contributed by atoms with Gasteiger partial charge in [0.15, 0.2) is 5.96 Å². The number of guanidine groups is 1. The molecule has 28 heavy (non-hydrogen) atoms. The molecule has 0 aromatic carbocycles. The summed E-state index contributed by atoms with van der Waals surface area (Å²) in [5, 5.41) is 4.20. The third kappa shape index (κ3) is 6.66. The number of hydrogen-bond donors (Lipinski definition) is 1. The summed E-state index contributed by atoms with van der Waals surface area (Å²) in [5.41, 5.74) is 1.23. The first-order valence-corrected chi connectivity index (χ1v) is 11.3. The monoisotopic (exact) mass is 518 g/mol. The first kappa shape index (κ1) is 23.5. The van der Waals surface area contributed by atoms with Crippen LogP contribution in [0.3, 0.4) is 0 Å². The van der Waals surface area contributed by atoms with Crippen LogP contribution in [0.5, 0.6) is 0 Å². The van der Waals surface area contributed by atoms with Crippen molar-refractivity contribution in [1.82, 2.24) is 20.1 Å². The normalized spacial score (nSPS) is 21.4. The molecular weight excluding hydrogens is 483 g/mol. The van der Waals surface area contributed by atoms with Crippen LogP contribution in [0.25, 0.3) is 0 Å². The smallest absolute Gasteiger partial charge is 0.194 e. The Morgan fingerprint density at radius 2 is 2.04 bits per heavy atom. The van der Waals surface area contributed by atoms with E-state index in [9.17, 15) is 0 Å². The summed E-state index contributed by atoms with van der Waals surface area (Å²) < 4.78 is 0. The predicted molar refractivity (Wildman–Crippen MR) is 132 cm³/mol. The number of nitrogens with one attached hydrogen (secondary N) is 1. The minimum Gasteiger partial charge on any atom is -0.357 e. The van der Waals surface area contributed by atoms with Crippen molar-refractivity contribution in [3.05, 3.63) is 23.9 Å². The van der Waals surface area contributed by atoms with Gasteiger partial charge >= 0.3 is 0 Å². The van der Waals surface area contributed by atoms with Crippen molar-refractivity contribution in [3.8, 4) is 0 Å². The van der Waals surface area contributed by atoms with E-state index < -0.39 is 0 Å². The highest BCUT2D eigenvalue weighted by Crippen LogP contribution is 2.21. The number of halogens is 1. The number of thioether (sulfide) groups is 1. The molecule has 1 aromatic heterocycles. The second-order valence-electron chi connectivity index (χ2n) is 7.33. The highest BCUT2D eigenvalue weighted by atomic mass is 127. The summed E-state index contributed by atoms with van der Waals surface area (Å²) in [6.07, 6.45) is 3.15. The largest absolute Gasteiger partial charge is 0.357 e. The molecule has 8 heteroatoms. The van der Waals surface area contributed by atoms with E-state index in [1.54, 1.807) is 0 Å². The van der Waals surface area contributed by atoms with Crippen molar-refractivity contribution in [2.75, 3.05) is 63.5 Å². The average Bonchev–Trinajstić information content (AvgIpc) is 2.72. The van der Waals surface area contributed by atoms with Crippen molar-refractivity contribution < 1.29 is 0 Å². The van der Waals surface area contributed by atoms with Gasteiger partial charge in [-0.15, -0.1) is 24.0 Å². The van der Waals surface area contributed by atoms with Gasteiger partial charge in [0, 0.05) is 63.0 Å². The van der Waals surface area contributed by atoms with Gasteiger partial charge in [-0.25, -0.2) is 9.98 Å². The second kappa shape index (κ2) is 12.1. The number of aliphatic imine (C=N–C) groups is 1. The Kier molecular flexibility index (Phi) is 10.1. The lowest BCUT2D eigenvalue weighted by atomic mass is 10.2. The lowest BCUT2D eigenvalue weighted by molar-refractivity contribution is 0.312. The molecule has 3 heterocycles. The second-order valence-corrected chi connectivity index (χ2v) is 8.74. The van der Waals surface area contributed by atoms with E-state index in [4.69, 9.17) is 4.99 Å².